The van der Waals surface area contributed by atoms with Crippen LogP contribution < -0.4 is 10.2 Å². The normalized spacial score (nSPS) is 23.6. The van der Waals surface area contributed by atoms with E-state index < -0.39 is 0 Å². The monoisotopic (exact) mass is 263 g/mol. The van der Waals surface area contributed by atoms with Gasteiger partial charge < -0.3 is 15.0 Å². The molecule has 0 aromatic carbocycles. The van der Waals surface area contributed by atoms with Gasteiger partial charge in [-0.05, 0) is 38.4 Å². The highest BCUT2D eigenvalue weighted by molar-refractivity contribution is 5.40. The van der Waals surface area contributed by atoms with E-state index in [0.29, 0.717) is 0 Å². The average molecular weight is 263 g/mol. The Hall–Kier alpha value is -1.13. The summed E-state index contributed by atoms with van der Waals surface area (Å²) in [7, 11) is 0. The predicted octanol–water partition coefficient (Wildman–Crippen LogP) is 2.19. The molecular formula is C15H25N3O. The molecule has 2 atom stereocenters. The van der Waals surface area contributed by atoms with E-state index in [9.17, 15) is 0 Å². The number of nitrogens with zero attached hydrogens (tertiary/aromatic N) is 2. The van der Waals surface area contributed by atoms with Gasteiger partial charge in [0.1, 0.15) is 5.82 Å². The van der Waals surface area contributed by atoms with Crippen molar-refractivity contribution < 1.29 is 4.74 Å². The van der Waals surface area contributed by atoms with Crippen molar-refractivity contribution in [2.24, 2.45) is 0 Å². The Morgan fingerprint density at radius 2 is 2.05 bits per heavy atom. The second-order valence-electron chi connectivity index (χ2n) is 5.36. The van der Waals surface area contributed by atoms with Gasteiger partial charge >= 0.3 is 0 Å². The third-order valence-corrected chi connectivity index (χ3v) is 3.31. The van der Waals surface area contributed by atoms with Gasteiger partial charge in [0.15, 0.2) is 0 Å². The Balaban J connectivity index is 1.93. The predicted molar refractivity (Wildman–Crippen MR) is 78.5 cm³/mol. The molecule has 2 rings (SSSR count). The van der Waals surface area contributed by atoms with Crippen molar-refractivity contribution in [3.63, 3.8) is 0 Å². The van der Waals surface area contributed by atoms with Gasteiger partial charge in [-0.15, -0.1) is 0 Å². The lowest BCUT2D eigenvalue weighted by Gasteiger charge is -2.36. The van der Waals surface area contributed by atoms with Crippen LogP contribution in [0.4, 0.5) is 5.82 Å². The third kappa shape index (κ3) is 4.18. The molecule has 2 unspecified atom stereocenters. The van der Waals surface area contributed by atoms with Gasteiger partial charge in [0.05, 0.1) is 12.2 Å². The molecule has 0 radical (unpaired) electrons. The molecule has 1 aliphatic heterocycles. The molecule has 1 N–H and O–H groups in total. The lowest BCUT2D eigenvalue weighted by atomic mass is 10.2. The lowest BCUT2D eigenvalue weighted by molar-refractivity contribution is -0.00545. The van der Waals surface area contributed by atoms with E-state index >= 15 is 0 Å². The number of rotatable bonds is 5. The number of anilines is 1. The highest BCUT2D eigenvalue weighted by atomic mass is 16.5. The first kappa shape index (κ1) is 14.3. The average Bonchev–Trinajstić information content (AvgIpc) is 2.39. The van der Waals surface area contributed by atoms with Crippen LogP contribution in [0.2, 0.25) is 0 Å². The Labute approximate surface area is 116 Å². The summed E-state index contributed by atoms with van der Waals surface area (Å²) in [6.45, 7) is 10.2. The third-order valence-electron chi connectivity index (χ3n) is 3.31. The van der Waals surface area contributed by atoms with Gasteiger partial charge in [-0.25, -0.2) is 4.98 Å². The maximum Gasteiger partial charge on any atom is 0.128 e. The van der Waals surface area contributed by atoms with Crippen molar-refractivity contribution in [1.29, 1.82) is 0 Å². The molecule has 0 aliphatic carbocycles. The summed E-state index contributed by atoms with van der Waals surface area (Å²) >= 11 is 0. The van der Waals surface area contributed by atoms with Crippen molar-refractivity contribution in [3.05, 3.63) is 23.9 Å². The van der Waals surface area contributed by atoms with Crippen LogP contribution in [0.5, 0.6) is 0 Å². The second kappa shape index (κ2) is 6.87. The van der Waals surface area contributed by atoms with Gasteiger partial charge in [-0.1, -0.05) is 13.0 Å². The lowest BCUT2D eigenvalue weighted by Crippen LogP contribution is -2.45. The second-order valence-corrected chi connectivity index (χ2v) is 5.36. The van der Waals surface area contributed by atoms with Crippen LogP contribution in [0.25, 0.3) is 0 Å². The molecule has 0 saturated carbocycles. The van der Waals surface area contributed by atoms with Gasteiger partial charge in [-0.2, -0.15) is 0 Å². The Kier molecular flexibility index (Phi) is 5.16. The molecule has 0 spiro atoms. The van der Waals surface area contributed by atoms with Crippen LogP contribution in [0.15, 0.2) is 18.3 Å². The molecule has 1 saturated heterocycles. The van der Waals surface area contributed by atoms with Crippen molar-refractivity contribution >= 4 is 5.82 Å². The topological polar surface area (TPSA) is 37.4 Å². The number of nitrogens with one attached hydrogen (secondary N) is 1. The molecule has 0 amide bonds. The number of hydrogen-bond donors (Lipinski definition) is 1. The van der Waals surface area contributed by atoms with Gasteiger partial charge in [0, 0.05) is 25.8 Å². The maximum atomic E-state index is 5.75. The zero-order valence-electron chi connectivity index (χ0n) is 12.2. The minimum Gasteiger partial charge on any atom is -0.372 e. The first-order chi connectivity index (χ1) is 9.19. The van der Waals surface area contributed by atoms with Crippen molar-refractivity contribution in [2.45, 2.75) is 45.9 Å². The van der Waals surface area contributed by atoms with E-state index in [1.165, 1.54) is 5.56 Å². The number of morpholine rings is 1. The van der Waals surface area contributed by atoms with E-state index in [1.807, 2.05) is 6.20 Å². The van der Waals surface area contributed by atoms with E-state index in [0.717, 1.165) is 38.4 Å². The molecule has 106 valence electrons. The molecule has 4 nitrogen and oxygen atoms in total. The Morgan fingerprint density at radius 1 is 1.32 bits per heavy atom. The first-order valence-corrected chi connectivity index (χ1v) is 7.25. The molecule has 1 fully saturated rings. The van der Waals surface area contributed by atoms with E-state index in [2.05, 4.69) is 48.1 Å². The van der Waals surface area contributed by atoms with Gasteiger partial charge in [0.2, 0.25) is 0 Å². The zero-order chi connectivity index (χ0) is 13.7. The van der Waals surface area contributed by atoms with Crippen LogP contribution in [0.1, 0.15) is 32.8 Å². The van der Waals surface area contributed by atoms with Gasteiger partial charge in [-0.3, -0.25) is 0 Å². The van der Waals surface area contributed by atoms with Crippen molar-refractivity contribution in [1.82, 2.24) is 10.3 Å². The quantitative estimate of drug-likeness (QED) is 0.826. The number of pyridine rings is 1. The Morgan fingerprint density at radius 3 is 2.63 bits per heavy atom. The van der Waals surface area contributed by atoms with E-state index in [1.54, 1.807) is 0 Å². The fourth-order valence-corrected chi connectivity index (χ4v) is 2.48. The molecule has 4 heteroatoms. The summed E-state index contributed by atoms with van der Waals surface area (Å²) in [5.74, 6) is 1.06. The molecular weight excluding hydrogens is 238 g/mol. The highest BCUT2D eigenvalue weighted by Crippen LogP contribution is 2.18. The van der Waals surface area contributed by atoms with Crippen LogP contribution in [-0.2, 0) is 11.3 Å². The van der Waals surface area contributed by atoms with Crippen LogP contribution >= 0.6 is 0 Å². The van der Waals surface area contributed by atoms with Gasteiger partial charge in [0.25, 0.3) is 0 Å². The number of ether oxygens (including phenoxy) is 1. The summed E-state index contributed by atoms with van der Waals surface area (Å²) in [4.78, 5) is 6.89. The largest absolute Gasteiger partial charge is 0.372 e. The molecule has 19 heavy (non-hydrogen) atoms. The summed E-state index contributed by atoms with van der Waals surface area (Å²) in [6.07, 6.45) is 3.69. The summed E-state index contributed by atoms with van der Waals surface area (Å²) < 4.78 is 5.75. The van der Waals surface area contributed by atoms with Crippen LogP contribution in [0, 0.1) is 0 Å². The Bertz CT molecular complexity index is 369. The van der Waals surface area contributed by atoms with Crippen molar-refractivity contribution in [3.8, 4) is 0 Å². The molecule has 1 aromatic heterocycles. The molecule has 2 heterocycles. The standard InChI is InChI=1S/C15H25N3O/c1-4-7-16-8-14-5-6-15(17-9-14)18-10-12(2)19-13(3)11-18/h5-6,9,12-13,16H,4,7-8,10-11H2,1-3H3. The maximum absolute atomic E-state index is 5.75. The SMILES string of the molecule is CCCNCc1ccc(N2CC(C)OC(C)C2)nc1. The number of hydrogen-bond acceptors (Lipinski definition) is 4. The van der Waals surface area contributed by atoms with Crippen LogP contribution in [0.3, 0.4) is 0 Å². The highest BCUT2D eigenvalue weighted by Gasteiger charge is 2.22. The van der Waals surface area contributed by atoms with Crippen LogP contribution in [-0.4, -0.2) is 36.8 Å². The molecule has 1 aliphatic rings. The fraction of sp³-hybridized carbons (Fsp3) is 0.667. The van der Waals surface area contributed by atoms with E-state index in [4.69, 9.17) is 4.74 Å². The molecule has 0 bridgehead atoms. The molecule has 1 aromatic rings. The smallest absolute Gasteiger partial charge is 0.128 e. The summed E-state index contributed by atoms with van der Waals surface area (Å²) in [5, 5.41) is 3.39. The fourth-order valence-electron chi connectivity index (χ4n) is 2.48. The van der Waals surface area contributed by atoms with Crippen molar-refractivity contribution in [2.75, 3.05) is 24.5 Å². The minimum atomic E-state index is 0.274. The zero-order valence-corrected chi connectivity index (χ0v) is 12.2. The van der Waals surface area contributed by atoms with E-state index in [-0.39, 0.29) is 12.2 Å². The minimum absolute atomic E-state index is 0.274. The summed E-state index contributed by atoms with van der Waals surface area (Å²) in [6, 6.07) is 4.28. The first-order valence-electron chi connectivity index (χ1n) is 7.25. The summed E-state index contributed by atoms with van der Waals surface area (Å²) in [5.41, 5.74) is 1.24. The number of aromatic nitrogens is 1.